The number of anilines is 2. The van der Waals surface area contributed by atoms with E-state index in [1.807, 2.05) is 25.1 Å². The Hall–Kier alpha value is -1.42. The maximum atomic E-state index is 9.33. The minimum absolute atomic E-state index is 0.239. The lowest BCUT2D eigenvalue weighted by Gasteiger charge is -2.22. The molecule has 0 saturated heterocycles. The monoisotopic (exact) mass is 250 g/mol. The molecule has 1 aromatic carbocycles. The molecule has 0 amide bonds. The van der Waals surface area contributed by atoms with Crippen LogP contribution in [0.4, 0.5) is 11.4 Å². The third-order valence-corrected chi connectivity index (χ3v) is 3.60. The molecule has 100 valence electrons. The number of nitrogens with one attached hydrogen (secondary N) is 1. The molecular formula is C14H22N2O2. The van der Waals surface area contributed by atoms with E-state index in [0.29, 0.717) is 24.3 Å². The van der Waals surface area contributed by atoms with Crippen molar-refractivity contribution in [3.8, 4) is 5.75 Å². The van der Waals surface area contributed by atoms with Gasteiger partial charge >= 0.3 is 0 Å². The lowest BCUT2D eigenvalue weighted by Crippen LogP contribution is -2.26. The van der Waals surface area contributed by atoms with Gasteiger partial charge in [0.25, 0.3) is 0 Å². The summed E-state index contributed by atoms with van der Waals surface area (Å²) in [5, 5.41) is 12.8. The first-order chi connectivity index (χ1) is 8.76. The quantitative estimate of drug-likeness (QED) is 0.701. The summed E-state index contributed by atoms with van der Waals surface area (Å²) >= 11 is 0. The molecule has 4 N–H and O–H groups in total. The molecule has 0 spiro atoms. The fraction of sp³-hybridized carbons (Fsp3) is 0.571. The minimum atomic E-state index is 0.239. The van der Waals surface area contributed by atoms with Gasteiger partial charge in [-0.25, -0.2) is 0 Å². The summed E-state index contributed by atoms with van der Waals surface area (Å²) < 4.78 is 5.48. The number of nitrogens with two attached hydrogens (primary N) is 1. The number of aliphatic hydroxyl groups excluding tert-OH is 1. The van der Waals surface area contributed by atoms with Crippen LogP contribution in [0.3, 0.4) is 0 Å². The highest BCUT2D eigenvalue weighted by Gasteiger charge is 2.26. The van der Waals surface area contributed by atoms with Crippen molar-refractivity contribution in [1.82, 2.24) is 0 Å². The van der Waals surface area contributed by atoms with E-state index < -0.39 is 0 Å². The Kier molecular flexibility index (Phi) is 4.31. The number of rotatable bonds is 5. The summed E-state index contributed by atoms with van der Waals surface area (Å²) in [6.07, 6.45) is 3.33. The van der Waals surface area contributed by atoms with Crippen molar-refractivity contribution >= 4 is 11.4 Å². The van der Waals surface area contributed by atoms with Crippen molar-refractivity contribution in [2.45, 2.75) is 32.2 Å². The van der Waals surface area contributed by atoms with Crippen LogP contribution in [0.1, 0.15) is 26.2 Å². The van der Waals surface area contributed by atoms with Crippen LogP contribution in [0.25, 0.3) is 0 Å². The number of hydrogen-bond donors (Lipinski definition) is 3. The second-order valence-corrected chi connectivity index (χ2v) is 4.77. The van der Waals surface area contributed by atoms with Gasteiger partial charge in [-0.05, 0) is 31.9 Å². The highest BCUT2D eigenvalue weighted by atomic mass is 16.5. The molecule has 18 heavy (non-hydrogen) atoms. The Bertz CT molecular complexity index is 395. The summed E-state index contributed by atoms with van der Waals surface area (Å²) in [5.41, 5.74) is 7.65. The van der Waals surface area contributed by atoms with Gasteiger partial charge in [0.1, 0.15) is 5.75 Å². The zero-order valence-electron chi connectivity index (χ0n) is 10.9. The van der Waals surface area contributed by atoms with E-state index in [0.717, 1.165) is 30.7 Å². The van der Waals surface area contributed by atoms with Crippen molar-refractivity contribution in [3.63, 3.8) is 0 Å². The van der Waals surface area contributed by atoms with Crippen LogP contribution in [-0.4, -0.2) is 24.4 Å². The average Bonchev–Trinajstić information content (AvgIpc) is 2.82. The van der Waals surface area contributed by atoms with Gasteiger partial charge in [0.15, 0.2) is 0 Å². The van der Waals surface area contributed by atoms with Gasteiger partial charge in [-0.15, -0.1) is 0 Å². The maximum Gasteiger partial charge on any atom is 0.144 e. The summed E-state index contributed by atoms with van der Waals surface area (Å²) in [7, 11) is 0. The second-order valence-electron chi connectivity index (χ2n) is 4.77. The Labute approximate surface area is 108 Å². The predicted molar refractivity (Wildman–Crippen MR) is 73.9 cm³/mol. The number of para-hydroxylation sites is 1. The van der Waals surface area contributed by atoms with Crippen LogP contribution >= 0.6 is 0 Å². The van der Waals surface area contributed by atoms with Crippen molar-refractivity contribution in [2.75, 3.05) is 24.3 Å². The zero-order valence-corrected chi connectivity index (χ0v) is 10.9. The second kappa shape index (κ2) is 5.96. The normalized spacial score (nSPS) is 23.0. The first-order valence-electron chi connectivity index (χ1n) is 6.65. The number of hydrogen-bond acceptors (Lipinski definition) is 4. The average molecular weight is 250 g/mol. The molecule has 1 aliphatic carbocycles. The molecule has 1 aliphatic rings. The molecule has 4 nitrogen and oxygen atoms in total. The lowest BCUT2D eigenvalue weighted by molar-refractivity contribution is 0.222. The van der Waals surface area contributed by atoms with Gasteiger partial charge in [0.2, 0.25) is 0 Å². The van der Waals surface area contributed by atoms with E-state index in [1.54, 1.807) is 0 Å². The highest BCUT2D eigenvalue weighted by molar-refractivity contribution is 5.73. The van der Waals surface area contributed by atoms with Gasteiger partial charge in [-0.3, -0.25) is 0 Å². The molecule has 1 fully saturated rings. The Morgan fingerprint density at radius 3 is 3.00 bits per heavy atom. The van der Waals surface area contributed by atoms with Crippen molar-refractivity contribution in [3.05, 3.63) is 18.2 Å². The Morgan fingerprint density at radius 2 is 2.28 bits per heavy atom. The smallest absolute Gasteiger partial charge is 0.144 e. The molecule has 4 heteroatoms. The molecular weight excluding hydrogens is 228 g/mol. The van der Waals surface area contributed by atoms with E-state index in [-0.39, 0.29) is 6.61 Å². The van der Waals surface area contributed by atoms with Crippen molar-refractivity contribution < 1.29 is 9.84 Å². The molecule has 0 aliphatic heterocycles. The molecule has 2 atom stereocenters. The molecule has 1 aromatic rings. The van der Waals surface area contributed by atoms with Crippen LogP contribution in [0, 0.1) is 5.92 Å². The van der Waals surface area contributed by atoms with Crippen LogP contribution in [0.2, 0.25) is 0 Å². The first kappa shape index (κ1) is 13.0. The third-order valence-electron chi connectivity index (χ3n) is 3.60. The Morgan fingerprint density at radius 1 is 1.44 bits per heavy atom. The van der Waals surface area contributed by atoms with Gasteiger partial charge in [-0.1, -0.05) is 12.5 Å². The van der Waals surface area contributed by atoms with Crippen LogP contribution < -0.4 is 15.8 Å². The number of aliphatic hydroxyl groups is 1. The number of ether oxygens (including phenoxy) is 1. The SMILES string of the molecule is CCOc1cccc(NC2CCCC2CO)c1N. The minimum Gasteiger partial charge on any atom is -0.492 e. The summed E-state index contributed by atoms with van der Waals surface area (Å²) in [6, 6.07) is 6.09. The molecule has 0 radical (unpaired) electrons. The molecule has 1 saturated carbocycles. The van der Waals surface area contributed by atoms with E-state index in [9.17, 15) is 5.11 Å². The fourth-order valence-electron chi connectivity index (χ4n) is 2.60. The topological polar surface area (TPSA) is 67.5 Å². The van der Waals surface area contributed by atoms with Crippen LogP contribution in [0.5, 0.6) is 5.75 Å². The van der Waals surface area contributed by atoms with Crippen molar-refractivity contribution in [2.24, 2.45) is 5.92 Å². The van der Waals surface area contributed by atoms with E-state index in [4.69, 9.17) is 10.5 Å². The standard InChI is InChI=1S/C14H22N2O2/c1-2-18-13-8-4-7-12(14(13)15)16-11-6-3-5-10(11)9-17/h4,7-8,10-11,16-17H,2-3,5-6,9,15H2,1H3. The van der Waals surface area contributed by atoms with Gasteiger partial charge in [-0.2, -0.15) is 0 Å². The molecule has 0 aromatic heterocycles. The van der Waals surface area contributed by atoms with E-state index in [1.165, 1.54) is 0 Å². The van der Waals surface area contributed by atoms with Crippen LogP contribution in [0.15, 0.2) is 18.2 Å². The van der Waals surface area contributed by atoms with Gasteiger partial charge in [0, 0.05) is 18.6 Å². The third kappa shape index (κ3) is 2.70. The van der Waals surface area contributed by atoms with E-state index in [2.05, 4.69) is 5.32 Å². The largest absolute Gasteiger partial charge is 0.492 e. The van der Waals surface area contributed by atoms with Gasteiger partial charge < -0.3 is 20.9 Å². The lowest BCUT2D eigenvalue weighted by atomic mass is 10.0. The molecule has 0 heterocycles. The van der Waals surface area contributed by atoms with Crippen LogP contribution in [-0.2, 0) is 0 Å². The fourth-order valence-corrected chi connectivity index (χ4v) is 2.60. The van der Waals surface area contributed by atoms with Crippen molar-refractivity contribution in [1.29, 1.82) is 0 Å². The molecule has 2 unspecified atom stereocenters. The highest BCUT2D eigenvalue weighted by Crippen LogP contribution is 2.33. The molecule has 2 rings (SSSR count). The first-order valence-corrected chi connectivity index (χ1v) is 6.65. The van der Waals surface area contributed by atoms with Gasteiger partial charge in [0.05, 0.1) is 18.0 Å². The molecule has 0 bridgehead atoms. The summed E-state index contributed by atoms with van der Waals surface area (Å²) in [4.78, 5) is 0. The summed E-state index contributed by atoms with van der Waals surface area (Å²) in [6.45, 7) is 2.79. The number of nitrogen functional groups attached to an aromatic ring is 1. The zero-order chi connectivity index (χ0) is 13.0. The predicted octanol–water partition coefficient (Wildman–Crippen LogP) is 2.24. The summed E-state index contributed by atoms with van der Waals surface area (Å²) in [5.74, 6) is 1.06. The maximum absolute atomic E-state index is 9.33. The Balaban J connectivity index is 2.11. The van der Waals surface area contributed by atoms with E-state index >= 15 is 0 Å². The number of benzene rings is 1.